The standard InChI is InChI=1S/C21H27N5O2/c1-24-21(28)20-17(14-23-24)16-8-3-4-9-18(16)26(20)15-19(27)22-10-7-13-25-11-5-2-6-12-25/h3-4,8-9,14H,2,5-7,10-13,15H2,1H3,(H,22,27). The maximum Gasteiger partial charge on any atom is 0.291 e. The molecule has 1 aliphatic rings. The molecule has 2 aromatic heterocycles. The molecule has 0 saturated carbocycles. The van der Waals surface area contributed by atoms with Crippen molar-refractivity contribution < 1.29 is 4.79 Å². The number of nitrogens with zero attached hydrogens (tertiary/aromatic N) is 4. The third-order valence-electron chi connectivity index (χ3n) is 5.59. The number of aryl methyl sites for hydroxylation is 1. The average molecular weight is 381 g/mol. The van der Waals surface area contributed by atoms with Crippen LogP contribution in [-0.4, -0.2) is 51.3 Å². The molecule has 0 atom stereocenters. The molecule has 1 fully saturated rings. The fourth-order valence-corrected chi connectivity index (χ4v) is 4.12. The van der Waals surface area contributed by atoms with Crippen molar-refractivity contribution in [1.82, 2.24) is 24.6 Å². The summed E-state index contributed by atoms with van der Waals surface area (Å²) in [7, 11) is 1.63. The highest BCUT2D eigenvalue weighted by molar-refractivity contribution is 6.07. The van der Waals surface area contributed by atoms with E-state index in [0.717, 1.165) is 29.3 Å². The van der Waals surface area contributed by atoms with Gasteiger partial charge >= 0.3 is 0 Å². The summed E-state index contributed by atoms with van der Waals surface area (Å²) in [5.41, 5.74) is 1.22. The van der Waals surface area contributed by atoms with Crippen molar-refractivity contribution in [2.45, 2.75) is 32.2 Å². The second kappa shape index (κ2) is 8.14. The molecule has 7 heteroatoms. The Labute approximate surface area is 163 Å². The Balaban J connectivity index is 1.48. The number of amides is 1. The van der Waals surface area contributed by atoms with Crippen LogP contribution < -0.4 is 10.9 Å². The van der Waals surface area contributed by atoms with Crippen LogP contribution in [0.5, 0.6) is 0 Å². The normalized spacial score (nSPS) is 15.3. The summed E-state index contributed by atoms with van der Waals surface area (Å²) in [4.78, 5) is 27.7. The zero-order valence-corrected chi connectivity index (χ0v) is 16.4. The fraction of sp³-hybridized carbons (Fsp3) is 0.476. The molecule has 3 aromatic rings. The van der Waals surface area contributed by atoms with Crippen LogP contribution in [0.25, 0.3) is 21.8 Å². The van der Waals surface area contributed by atoms with Crippen molar-refractivity contribution in [3.63, 3.8) is 0 Å². The topological polar surface area (TPSA) is 72.2 Å². The molecular weight excluding hydrogens is 354 g/mol. The first-order valence-electron chi connectivity index (χ1n) is 10.1. The van der Waals surface area contributed by atoms with E-state index in [2.05, 4.69) is 15.3 Å². The second-order valence-electron chi connectivity index (χ2n) is 7.54. The Morgan fingerprint density at radius 1 is 1.14 bits per heavy atom. The Kier molecular flexibility index (Phi) is 5.43. The van der Waals surface area contributed by atoms with Gasteiger partial charge in [-0.05, 0) is 45.0 Å². The van der Waals surface area contributed by atoms with Crippen molar-refractivity contribution in [2.24, 2.45) is 7.05 Å². The van der Waals surface area contributed by atoms with Crippen molar-refractivity contribution in [3.8, 4) is 0 Å². The molecular formula is C21H27N5O2. The van der Waals surface area contributed by atoms with Crippen LogP contribution in [-0.2, 0) is 18.4 Å². The van der Waals surface area contributed by atoms with Crippen molar-refractivity contribution >= 4 is 27.7 Å². The minimum atomic E-state index is -0.188. The molecule has 0 radical (unpaired) electrons. The highest BCUT2D eigenvalue weighted by Gasteiger charge is 2.17. The molecule has 0 aliphatic carbocycles. The first-order chi connectivity index (χ1) is 13.6. The van der Waals surface area contributed by atoms with Gasteiger partial charge in [0, 0.05) is 29.9 Å². The van der Waals surface area contributed by atoms with E-state index in [9.17, 15) is 9.59 Å². The first-order valence-corrected chi connectivity index (χ1v) is 10.1. The Bertz CT molecular complexity index is 1050. The number of likely N-dealkylation sites (tertiary alicyclic amines) is 1. The molecule has 1 amide bonds. The van der Waals surface area contributed by atoms with Crippen molar-refractivity contribution in [2.75, 3.05) is 26.2 Å². The fourth-order valence-electron chi connectivity index (χ4n) is 4.12. The molecule has 1 aliphatic heterocycles. The van der Waals surface area contributed by atoms with Gasteiger partial charge in [0.15, 0.2) is 0 Å². The summed E-state index contributed by atoms with van der Waals surface area (Å²) in [6.07, 6.45) is 6.55. The number of hydrogen-bond donors (Lipinski definition) is 1. The molecule has 0 spiro atoms. The van der Waals surface area contributed by atoms with Crippen LogP contribution >= 0.6 is 0 Å². The number of rotatable bonds is 6. The molecule has 0 bridgehead atoms. The van der Waals surface area contributed by atoms with Gasteiger partial charge in [-0.15, -0.1) is 0 Å². The Morgan fingerprint density at radius 3 is 2.75 bits per heavy atom. The van der Waals surface area contributed by atoms with Gasteiger partial charge < -0.3 is 14.8 Å². The van der Waals surface area contributed by atoms with Crippen LogP contribution in [0.3, 0.4) is 0 Å². The molecule has 4 rings (SSSR count). The number of aromatic nitrogens is 3. The predicted molar refractivity (Wildman–Crippen MR) is 110 cm³/mol. The lowest BCUT2D eigenvalue weighted by molar-refractivity contribution is -0.121. The summed E-state index contributed by atoms with van der Waals surface area (Å²) < 4.78 is 3.13. The molecule has 1 saturated heterocycles. The van der Waals surface area contributed by atoms with Gasteiger partial charge in [0.1, 0.15) is 12.1 Å². The van der Waals surface area contributed by atoms with E-state index in [1.165, 1.54) is 37.0 Å². The zero-order chi connectivity index (χ0) is 19.5. The van der Waals surface area contributed by atoms with Crippen LogP contribution in [0.2, 0.25) is 0 Å². The smallest absolute Gasteiger partial charge is 0.291 e. The van der Waals surface area contributed by atoms with Gasteiger partial charge in [0.25, 0.3) is 5.56 Å². The van der Waals surface area contributed by atoms with E-state index in [1.807, 2.05) is 28.8 Å². The first kappa shape index (κ1) is 18.7. The van der Waals surface area contributed by atoms with Gasteiger partial charge in [0.2, 0.25) is 5.91 Å². The zero-order valence-electron chi connectivity index (χ0n) is 16.4. The quantitative estimate of drug-likeness (QED) is 0.662. The van der Waals surface area contributed by atoms with Crippen LogP contribution in [0.1, 0.15) is 25.7 Å². The highest BCUT2D eigenvalue weighted by Crippen LogP contribution is 2.25. The number of benzene rings is 1. The van der Waals surface area contributed by atoms with Crippen LogP contribution in [0.15, 0.2) is 35.3 Å². The van der Waals surface area contributed by atoms with Crippen LogP contribution in [0, 0.1) is 0 Å². The monoisotopic (exact) mass is 381 g/mol. The van der Waals surface area contributed by atoms with Crippen molar-refractivity contribution in [3.05, 3.63) is 40.8 Å². The Hall–Kier alpha value is -2.67. The lowest BCUT2D eigenvalue weighted by atomic mass is 10.1. The maximum atomic E-state index is 12.7. The number of piperidine rings is 1. The molecule has 28 heavy (non-hydrogen) atoms. The van der Waals surface area contributed by atoms with Gasteiger partial charge in [-0.1, -0.05) is 24.6 Å². The number of fused-ring (bicyclic) bond motifs is 3. The molecule has 7 nitrogen and oxygen atoms in total. The maximum absolute atomic E-state index is 12.7. The third kappa shape index (κ3) is 3.67. The van der Waals surface area contributed by atoms with E-state index in [1.54, 1.807) is 13.2 Å². The van der Waals surface area contributed by atoms with Crippen LogP contribution in [0.4, 0.5) is 0 Å². The molecule has 1 aromatic carbocycles. The van der Waals surface area contributed by atoms with E-state index in [0.29, 0.717) is 12.1 Å². The lowest BCUT2D eigenvalue weighted by Gasteiger charge is -2.26. The summed E-state index contributed by atoms with van der Waals surface area (Å²) in [5, 5.41) is 8.89. The molecule has 1 N–H and O–H groups in total. The van der Waals surface area contributed by atoms with E-state index >= 15 is 0 Å². The molecule has 148 valence electrons. The number of para-hydroxylation sites is 1. The van der Waals surface area contributed by atoms with Gasteiger partial charge in [-0.3, -0.25) is 9.59 Å². The number of nitrogens with one attached hydrogen (secondary N) is 1. The summed E-state index contributed by atoms with van der Waals surface area (Å²) in [6.45, 7) is 4.17. The highest BCUT2D eigenvalue weighted by atomic mass is 16.2. The SMILES string of the molecule is Cn1ncc2c3ccccc3n(CC(=O)NCCCN3CCCCC3)c2c1=O. The van der Waals surface area contributed by atoms with Gasteiger partial charge in [-0.25, -0.2) is 4.68 Å². The number of carbonyl (C=O) groups excluding carboxylic acids is 1. The predicted octanol–water partition coefficient (Wildman–Crippen LogP) is 1.88. The molecule has 3 heterocycles. The summed E-state index contributed by atoms with van der Waals surface area (Å²) in [6, 6.07) is 7.76. The average Bonchev–Trinajstić information content (AvgIpc) is 3.03. The van der Waals surface area contributed by atoms with E-state index < -0.39 is 0 Å². The Morgan fingerprint density at radius 2 is 1.93 bits per heavy atom. The minimum absolute atomic E-state index is 0.0693. The van der Waals surface area contributed by atoms with E-state index in [-0.39, 0.29) is 18.0 Å². The summed E-state index contributed by atoms with van der Waals surface area (Å²) in [5.74, 6) is -0.0693. The van der Waals surface area contributed by atoms with Crippen molar-refractivity contribution in [1.29, 1.82) is 0 Å². The van der Waals surface area contributed by atoms with Gasteiger partial charge in [0.05, 0.1) is 6.20 Å². The number of carbonyl (C=O) groups is 1. The van der Waals surface area contributed by atoms with Gasteiger partial charge in [-0.2, -0.15) is 5.10 Å². The lowest BCUT2D eigenvalue weighted by Crippen LogP contribution is -2.34. The molecule has 0 unspecified atom stereocenters. The van der Waals surface area contributed by atoms with E-state index in [4.69, 9.17) is 0 Å². The minimum Gasteiger partial charge on any atom is -0.355 e. The number of hydrogen-bond acceptors (Lipinski definition) is 4. The summed E-state index contributed by atoms with van der Waals surface area (Å²) >= 11 is 0. The largest absolute Gasteiger partial charge is 0.355 e. The second-order valence-corrected chi connectivity index (χ2v) is 7.54. The third-order valence-corrected chi connectivity index (χ3v) is 5.59.